The van der Waals surface area contributed by atoms with Gasteiger partial charge in [-0.05, 0) is 18.2 Å². The van der Waals surface area contributed by atoms with Gasteiger partial charge in [-0.1, -0.05) is 11.6 Å². The number of nitrogens with zero attached hydrogens (tertiary/aromatic N) is 2. The largest absolute Gasteiger partial charge is 0.480 e. The summed E-state index contributed by atoms with van der Waals surface area (Å²) in [6, 6.07) is 3.58. The third-order valence-electron chi connectivity index (χ3n) is 2.37. The number of carboxylic acids is 1. The molecule has 1 aromatic heterocycles. The lowest BCUT2D eigenvalue weighted by molar-refractivity contribution is -0.137. The summed E-state index contributed by atoms with van der Waals surface area (Å²) < 4.78 is 14.1. The van der Waals surface area contributed by atoms with E-state index in [0.29, 0.717) is 5.69 Å². The molecule has 0 atom stereocenters. The van der Waals surface area contributed by atoms with Crippen LogP contribution in [-0.4, -0.2) is 26.8 Å². The summed E-state index contributed by atoms with van der Waals surface area (Å²) >= 11 is 5.59. The molecule has 6 nitrogen and oxygen atoms in total. The third kappa shape index (κ3) is 3.33. The van der Waals surface area contributed by atoms with Crippen molar-refractivity contribution in [3.05, 3.63) is 47.0 Å². The minimum atomic E-state index is -1.05. The third-order valence-corrected chi connectivity index (χ3v) is 2.66. The molecule has 0 aliphatic heterocycles. The van der Waals surface area contributed by atoms with E-state index in [4.69, 9.17) is 16.7 Å². The highest BCUT2D eigenvalue weighted by atomic mass is 35.5. The van der Waals surface area contributed by atoms with E-state index in [1.54, 1.807) is 0 Å². The predicted octanol–water partition coefficient (Wildman–Crippen LogP) is 2.01. The molecule has 2 rings (SSSR count). The van der Waals surface area contributed by atoms with Crippen molar-refractivity contribution in [1.82, 2.24) is 9.78 Å². The van der Waals surface area contributed by atoms with Crippen LogP contribution in [0.1, 0.15) is 10.4 Å². The van der Waals surface area contributed by atoms with Crippen LogP contribution in [0.2, 0.25) is 5.02 Å². The summed E-state index contributed by atoms with van der Waals surface area (Å²) in [7, 11) is 0. The van der Waals surface area contributed by atoms with Gasteiger partial charge in [0.25, 0.3) is 5.91 Å². The van der Waals surface area contributed by atoms with E-state index in [-0.39, 0.29) is 17.1 Å². The summed E-state index contributed by atoms with van der Waals surface area (Å²) in [5, 5.41) is 14.7. The number of carboxylic acid groups (broad SMARTS) is 1. The fourth-order valence-corrected chi connectivity index (χ4v) is 1.67. The van der Waals surface area contributed by atoms with Gasteiger partial charge in [0.2, 0.25) is 0 Å². The summed E-state index contributed by atoms with van der Waals surface area (Å²) in [6.07, 6.45) is 2.68. The Morgan fingerprint density at radius 3 is 2.85 bits per heavy atom. The van der Waals surface area contributed by atoms with Crippen LogP contribution in [-0.2, 0) is 11.3 Å². The maximum atomic E-state index is 13.0. The Bertz CT molecular complexity index is 672. The molecule has 0 saturated carbocycles. The van der Waals surface area contributed by atoms with Gasteiger partial charge in [0, 0.05) is 11.8 Å². The highest BCUT2D eigenvalue weighted by Gasteiger charge is 2.10. The fraction of sp³-hybridized carbons (Fsp3) is 0.0833. The molecule has 0 fully saturated rings. The molecular weight excluding hydrogens is 289 g/mol. The van der Waals surface area contributed by atoms with Crippen LogP contribution in [0.25, 0.3) is 0 Å². The highest BCUT2D eigenvalue weighted by Crippen LogP contribution is 2.17. The second-order valence-electron chi connectivity index (χ2n) is 3.90. The Hall–Kier alpha value is -2.41. The number of benzene rings is 1. The van der Waals surface area contributed by atoms with Crippen molar-refractivity contribution in [2.75, 3.05) is 5.32 Å². The van der Waals surface area contributed by atoms with Gasteiger partial charge in [0.1, 0.15) is 12.4 Å². The van der Waals surface area contributed by atoms with E-state index < -0.39 is 17.7 Å². The van der Waals surface area contributed by atoms with Crippen molar-refractivity contribution >= 4 is 29.2 Å². The fourth-order valence-electron chi connectivity index (χ4n) is 1.49. The SMILES string of the molecule is O=C(O)Cn1cc(NC(=O)c2ccc(F)c(Cl)c2)cn1. The second kappa shape index (κ2) is 5.70. The van der Waals surface area contributed by atoms with E-state index in [9.17, 15) is 14.0 Å². The zero-order valence-electron chi connectivity index (χ0n) is 10.0. The number of rotatable bonds is 4. The van der Waals surface area contributed by atoms with E-state index in [1.807, 2.05) is 0 Å². The molecule has 8 heteroatoms. The Labute approximate surface area is 117 Å². The van der Waals surface area contributed by atoms with Crippen LogP contribution in [0.4, 0.5) is 10.1 Å². The molecule has 1 amide bonds. The van der Waals surface area contributed by atoms with E-state index >= 15 is 0 Å². The minimum absolute atomic E-state index is 0.153. The van der Waals surface area contributed by atoms with Crippen molar-refractivity contribution in [2.24, 2.45) is 0 Å². The molecule has 20 heavy (non-hydrogen) atoms. The Morgan fingerprint density at radius 2 is 2.20 bits per heavy atom. The van der Waals surface area contributed by atoms with E-state index in [1.165, 1.54) is 24.5 Å². The number of aromatic nitrogens is 2. The molecule has 0 radical (unpaired) electrons. The minimum Gasteiger partial charge on any atom is -0.480 e. The van der Waals surface area contributed by atoms with Gasteiger partial charge in [-0.2, -0.15) is 5.10 Å². The van der Waals surface area contributed by atoms with Crippen LogP contribution in [0.3, 0.4) is 0 Å². The molecule has 1 heterocycles. The normalized spacial score (nSPS) is 10.3. The lowest BCUT2D eigenvalue weighted by Crippen LogP contribution is -2.12. The average molecular weight is 298 g/mol. The van der Waals surface area contributed by atoms with Crippen molar-refractivity contribution in [2.45, 2.75) is 6.54 Å². The zero-order valence-corrected chi connectivity index (χ0v) is 10.8. The van der Waals surface area contributed by atoms with Crippen LogP contribution >= 0.6 is 11.6 Å². The van der Waals surface area contributed by atoms with Gasteiger partial charge in [-0.15, -0.1) is 0 Å². The highest BCUT2D eigenvalue weighted by molar-refractivity contribution is 6.31. The van der Waals surface area contributed by atoms with Gasteiger partial charge in [-0.3, -0.25) is 14.3 Å². The molecule has 0 aliphatic carbocycles. The first kappa shape index (κ1) is 14.0. The molecular formula is C12H9ClFN3O3. The quantitative estimate of drug-likeness (QED) is 0.904. The topological polar surface area (TPSA) is 84.2 Å². The molecule has 2 N–H and O–H groups in total. The van der Waals surface area contributed by atoms with Crippen molar-refractivity contribution < 1.29 is 19.1 Å². The first-order chi connectivity index (χ1) is 9.45. The number of carbonyl (C=O) groups is 2. The van der Waals surface area contributed by atoms with Crippen LogP contribution in [0.15, 0.2) is 30.6 Å². The van der Waals surface area contributed by atoms with Crippen LogP contribution in [0.5, 0.6) is 0 Å². The van der Waals surface area contributed by atoms with Gasteiger partial charge >= 0.3 is 5.97 Å². The summed E-state index contributed by atoms with van der Waals surface area (Å²) in [4.78, 5) is 22.4. The molecule has 1 aromatic carbocycles. The Morgan fingerprint density at radius 1 is 1.45 bits per heavy atom. The summed E-state index contributed by atoms with van der Waals surface area (Å²) in [5.41, 5.74) is 0.513. The monoisotopic (exact) mass is 297 g/mol. The van der Waals surface area contributed by atoms with Gasteiger partial charge in [-0.25, -0.2) is 4.39 Å². The Balaban J connectivity index is 2.09. The maximum absolute atomic E-state index is 13.0. The molecule has 0 spiro atoms. The molecule has 2 aromatic rings. The number of nitrogens with one attached hydrogen (secondary N) is 1. The summed E-state index contributed by atoms with van der Waals surface area (Å²) in [5.74, 6) is -2.16. The standard InChI is InChI=1S/C12H9ClFN3O3/c13-9-3-7(1-2-10(9)14)12(20)16-8-4-15-17(5-8)6-11(18)19/h1-5H,6H2,(H,16,20)(H,18,19). The first-order valence-electron chi connectivity index (χ1n) is 5.46. The number of hydrogen-bond acceptors (Lipinski definition) is 3. The Kier molecular flexibility index (Phi) is 3.99. The maximum Gasteiger partial charge on any atom is 0.325 e. The zero-order chi connectivity index (χ0) is 14.7. The number of halogens is 2. The second-order valence-corrected chi connectivity index (χ2v) is 4.31. The number of aliphatic carboxylic acids is 1. The average Bonchev–Trinajstić information content (AvgIpc) is 2.79. The molecule has 0 bridgehead atoms. The predicted molar refractivity (Wildman–Crippen MR) is 69.2 cm³/mol. The van der Waals surface area contributed by atoms with E-state index in [2.05, 4.69) is 10.4 Å². The van der Waals surface area contributed by atoms with E-state index in [0.717, 1.165) is 10.7 Å². The van der Waals surface area contributed by atoms with Gasteiger partial charge in [0.15, 0.2) is 0 Å². The number of amides is 1. The number of hydrogen-bond donors (Lipinski definition) is 2. The van der Waals surface area contributed by atoms with Crippen molar-refractivity contribution in [3.8, 4) is 0 Å². The first-order valence-corrected chi connectivity index (χ1v) is 5.84. The lowest BCUT2D eigenvalue weighted by atomic mass is 10.2. The number of carbonyl (C=O) groups excluding carboxylic acids is 1. The molecule has 0 unspecified atom stereocenters. The molecule has 104 valence electrons. The van der Waals surface area contributed by atoms with Crippen LogP contribution in [0, 0.1) is 5.82 Å². The summed E-state index contributed by atoms with van der Waals surface area (Å²) in [6.45, 7) is -0.307. The number of anilines is 1. The molecule has 0 aliphatic rings. The van der Waals surface area contributed by atoms with Crippen LogP contribution < -0.4 is 5.32 Å². The molecule has 0 saturated heterocycles. The van der Waals surface area contributed by atoms with Crippen molar-refractivity contribution in [1.29, 1.82) is 0 Å². The van der Waals surface area contributed by atoms with Gasteiger partial charge in [0.05, 0.1) is 16.9 Å². The lowest BCUT2D eigenvalue weighted by Gasteiger charge is -2.03. The van der Waals surface area contributed by atoms with Crippen molar-refractivity contribution in [3.63, 3.8) is 0 Å². The smallest absolute Gasteiger partial charge is 0.325 e. The van der Waals surface area contributed by atoms with Gasteiger partial charge < -0.3 is 10.4 Å².